The lowest BCUT2D eigenvalue weighted by molar-refractivity contribution is -0.119. The molecule has 0 saturated carbocycles. The number of thiophene rings is 1. The third-order valence-electron chi connectivity index (χ3n) is 3.16. The minimum absolute atomic E-state index is 0.0994. The molecule has 1 atom stereocenters. The first-order chi connectivity index (χ1) is 11.3. The number of sulfone groups is 1. The summed E-state index contributed by atoms with van der Waals surface area (Å²) in [6.45, 7) is 3.90. The number of carbonyl (C=O) groups is 1. The number of nitrogens with zero attached hydrogens (tertiary/aromatic N) is 2. The van der Waals surface area contributed by atoms with Crippen LogP contribution in [0.3, 0.4) is 0 Å². The molecule has 0 radical (unpaired) electrons. The smallest absolute Gasteiger partial charge is 0.230 e. The highest BCUT2D eigenvalue weighted by atomic mass is 32.2. The zero-order valence-corrected chi connectivity index (χ0v) is 15.7. The fourth-order valence-corrected chi connectivity index (χ4v) is 4.73. The summed E-state index contributed by atoms with van der Waals surface area (Å²) in [6.07, 6.45) is 2.03. The number of hydrogen-bond donors (Lipinski definition) is 2. The van der Waals surface area contributed by atoms with Crippen molar-refractivity contribution < 1.29 is 13.2 Å². The van der Waals surface area contributed by atoms with Gasteiger partial charge in [-0.2, -0.15) is 0 Å². The molecule has 10 heteroatoms. The standard InChI is InChI=1S/C14H18N4O3S3/c1-3-9(2)17-11(19)8-23-14-16-7-10(13(15)18-14)24(20,21)12-5-4-6-22-12/h4-7,9H,3,8H2,1-2H3,(H,17,19)(H2,15,16,18). The van der Waals surface area contributed by atoms with Gasteiger partial charge in [0, 0.05) is 6.04 Å². The molecule has 0 aliphatic carbocycles. The fraction of sp³-hybridized carbons (Fsp3) is 0.357. The average Bonchev–Trinajstić information content (AvgIpc) is 3.08. The van der Waals surface area contributed by atoms with Gasteiger partial charge in [-0.3, -0.25) is 4.79 Å². The molecule has 0 fully saturated rings. The average molecular weight is 387 g/mol. The van der Waals surface area contributed by atoms with Gasteiger partial charge in [-0.05, 0) is 24.8 Å². The van der Waals surface area contributed by atoms with Gasteiger partial charge >= 0.3 is 0 Å². The fourth-order valence-electron chi connectivity index (χ4n) is 1.72. The van der Waals surface area contributed by atoms with E-state index in [-0.39, 0.29) is 37.8 Å². The van der Waals surface area contributed by atoms with Crippen molar-refractivity contribution in [1.82, 2.24) is 15.3 Å². The maximum atomic E-state index is 12.4. The first-order valence-electron chi connectivity index (χ1n) is 7.17. The van der Waals surface area contributed by atoms with Crippen molar-refractivity contribution in [3.63, 3.8) is 0 Å². The summed E-state index contributed by atoms with van der Waals surface area (Å²) in [5.41, 5.74) is 5.78. The zero-order chi connectivity index (χ0) is 17.7. The molecular formula is C14H18N4O3S3. The number of rotatable bonds is 7. The van der Waals surface area contributed by atoms with Gasteiger partial charge in [-0.1, -0.05) is 24.8 Å². The van der Waals surface area contributed by atoms with Crippen molar-refractivity contribution in [2.24, 2.45) is 0 Å². The molecule has 0 bridgehead atoms. The predicted molar refractivity (Wildman–Crippen MR) is 94.8 cm³/mol. The Balaban J connectivity index is 2.09. The molecule has 130 valence electrons. The second kappa shape index (κ2) is 7.95. The van der Waals surface area contributed by atoms with E-state index in [0.717, 1.165) is 29.5 Å². The highest BCUT2D eigenvalue weighted by Gasteiger charge is 2.23. The first kappa shape index (κ1) is 18.7. The summed E-state index contributed by atoms with van der Waals surface area (Å²) in [4.78, 5) is 19.6. The van der Waals surface area contributed by atoms with Gasteiger partial charge < -0.3 is 11.1 Å². The first-order valence-corrected chi connectivity index (χ1v) is 10.5. The third-order valence-corrected chi connectivity index (χ3v) is 7.19. The van der Waals surface area contributed by atoms with Crippen LogP contribution < -0.4 is 11.1 Å². The Morgan fingerprint density at radius 1 is 1.50 bits per heavy atom. The second-order valence-electron chi connectivity index (χ2n) is 5.00. The van der Waals surface area contributed by atoms with Gasteiger partial charge in [0.1, 0.15) is 14.9 Å². The SMILES string of the molecule is CCC(C)NC(=O)CSc1ncc(S(=O)(=O)c2cccs2)c(N)n1. The Hall–Kier alpha value is -1.65. The number of hydrogen-bond acceptors (Lipinski definition) is 8. The Morgan fingerprint density at radius 2 is 2.25 bits per heavy atom. The second-order valence-corrected chi connectivity index (χ2v) is 9.04. The van der Waals surface area contributed by atoms with Crippen molar-refractivity contribution in [2.75, 3.05) is 11.5 Å². The van der Waals surface area contributed by atoms with Crippen LogP contribution in [0.1, 0.15) is 20.3 Å². The van der Waals surface area contributed by atoms with E-state index in [1.807, 2.05) is 13.8 Å². The van der Waals surface area contributed by atoms with Crippen molar-refractivity contribution in [1.29, 1.82) is 0 Å². The number of nitrogen functional groups attached to an aromatic ring is 1. The van der Waals surface area contributed by atoms with Crippen molar-refractivity contribution >= 4 is 44.7 Å². The third kappa shape index (κ3) is 4.46. The van der Waals surface area contributed by atoms with E-state index < -0.39 is 9.84 Å². The largest absolute Gasteiger partial charge is 0.382 e. The molecule has 0 saturated heterocycles. The van der Waals surface area contributed by atoms with Gasteiger partial charge in [0.15, 0.2) is 5.16 Å². The normalized spacial score (nSPS) is 12.8. The number of carbonyl (C=O) groups excluding carboxylic acids is 1. The molecule has 2 aromatic heterocycles. The summed E-state index contributed by atoms with van der Waals surface area (Å²) in [7, 11) is -3.71. The van der Waals surface area contributed by atoms with Crippen molar-refractivity contribution in [2.45, 2.75) is 40.6 Å². The Kier molecular flexibility index (Phi) is 6.19. The Labute approximate surface area is 149 Å². The summed E-state index contributed by atoms with van der Waals surface area (Å²) in [6, 6.07) is 3.25. The van der Waals surface area contributed by atoms with E-state index in [4.69, 9.17) is 5.73 Å². The van der Waals surface area contributed by atoms with E-state index in [9.17, 15) is 13.2 Å². The van der Waals surface area contributed by atoms with E-state index in [2.05, 4.69) is 15.3 Å². The van der Waals surface area contributed by atoms with Gasteiger partial charge in [0.2, 0.25) is 15.7 Å². The molecule has 2 aromatic rings. The molecule has 2 heterocycles. The summed E-state index contributed by atoms with van der Waals surface area (Å²) in [5, 5.41) is 4.76. The maximum Gasteiger partial charge on any atom is 0.230 e. The van der Waals surface area contributed by atoms with Gasteiger partial charge in [-0.25, -0.2) is 18.4 Å². The van der Waals surface area contributed by atoms with Crippen LogP contribution in [0.15, 0.2) is 38.0 Å². The van der Waals surface area contributed by atoms with Crippen LogP contribution >= 0.6 is 23.1 Å². The summed E-state index contributed by atoms with van der Waals surface area (Å²) >= 11 is 2.21. The number of aromatic nitrogens is 2. The molecule has 2 rings (SSSR count). The zero-order valence-electron chi connectivity index (χ0n) is 13.2. The number of amides is 1. The quantitative estimate of drug-likeness (QED) is 0.552. The minimum Gasteiger partial charge on any atom is -0.382 e. The molecule has 24 heavy (non-hydrogen) atoms. The topological polar surface area (TPSA) is 115 Å². The lowest BCUT2D eigenvalue weighted by Gasteiger charge is -2.11. The van der Waals surface area contributed by atoms with E-state index in [1.165, 1.54) is 12.3 Å². The summed E-state index contributed by atoms with van der Waals surface area (Å²) < 4.78 is 25.0. The van der Waals surface area contributed by atoms with Gasteiger partial charge in [0.25, 0.3) is 0 Å². The molecule has 3 N–H and O–H groups in total. The van der Waals surface area contributed by atoms with Crippen molar-refractivity contribution in [3.8, 4) is 0 Å². The van der Waals surface area contributed by atoms with Crippen molar-refractivity contribution in [3.05, 3.63) is 23.7 Å². The number of thioether (sulfide) groups is 1. The molecule has 0 aliphatic heterocycles. The van der Waals surface area contributed by atoms with E-state index in [1.54, 1.807) is 11.4 Å². The monoisotopic (exact) mass is 386 g/mol. The van der Waals surface area contributed by atoms with Gasteiger partial charge in [-0.15, -0.1) is 11.3 Å². The number of nitrogens with one attached hydrogen (secondary N) is 1. The highest BCUT2D eigenvalue weighted by molar-refractivity contribution is 7.99. The molecule has 7 nitrogen and oxygen atoms in total. The molecule has 1 unspecified atom stereocenters. The van der Waals surface area contributed by atoms with Crippen LogP contribution in [-0.4, -0.2) is 36.1 Å². The minimum atomic E-state index is -3.71. The van der Waals surface area contributed by atoms with Crippen LogP contribution in [-0.2, 0) is 14.6 Å². The Bertz CT molecular complexity index is 807. The highest BCUT2D eigenvalue weighted by Crippen LogP contribution is 2.28. The van der Waals surface area contributed by atoms with Crippen LogP contribution in [0.4, 0.5) is 5.82 Å². The van der Waals surface area contributed by atoms with E-state index in [0.29, 0.717) is 0 Å². The molecule has 0 spiro atoms. The molecule has 1 amide bonds. The molecule has 0 aromatic carbocycles. The number of nitrogens with two attached hydrogens (primary N) is 1. The van der Waals surface area contributed by atoms with Crippen LogP contribution in [0.5, 0.6) is 0 Å². The number of anilines is 1. The van der Waals surface area contributed by atoms with E-state index >= 15 is 0 Å². The molecule has 0 aliphatic rings. The van der Waals surface area contributed by atoms with Crippen LogP contribution in [0.2, 0.25) is 0 Å². The van der Waals surface area contributed by atoms with Crippen LogP contribution in [0, 0.1) is 0 Å². The lowest BCUT2D eigenvalue weighted by atomic mass is 10.3. The van der Waals surface area contributed by atoms with Gasteiger partial charge in [0.05, 0.1) is 11.9 Å². The maximum absolute atomic E-state index is 12.4. The predicted octanol–water partition coefficient (Wildman–Crippen LogP) is 1.96. The van der Waals surface area contributed by atoms with Crippen LogP contribution in [0.25, 0.3) is 0 Å². The lowest BCUT2D eigenvalue weighted by Crippen LogP contribution is -2.33. The summed E-state index contributed by atoms with van der Waals surface area (Å²) in [5.74, 6) is -0.115. The molecular weight excluding hydrogens is 368 g/mol. The Morgan fingerprint density at radius 3 is 2.83 bits per heavy atom.